The van der Waals surface area contributed by atoms with Crippen molar-refractivity contribution < 1.29 is 4.42 Å². The van der Waals surface area contributed by atoms with Crippen LogP contribution in [0.5, 0.6) is 0 Å². The number of para-hydroxylation sites is 3. The first-order valence-electron chi connectivity index (χ1n) is 14.8. The van der Waals surface area contributed by atoms with E-state index in [4.69, 9.17) is 14.4 Å². The summed E-state index contributed by atoms with van der Waals surface area (Å²) in [4.78, 5) is 10.4. The van der Waals surface area contributed by atoms with Gasteiger partial charge in [0.25, 0.3) is 0 Å². The second-order valence-electron chi connectivity index (χ2n) is 11.0. The molecule has 9 rings (SSSR count). The maximum absolute atomic E-state index is 6.50. The van der Waals surface area contributed by atoms with Gasteiger partial charge in [0.2, 0.25) is 0 Å². The summed E-state index contributed by atoms with van der Waals surface area (Å²) in [5.74, 6) is 0.695. The molecule has 0 amide bonds. The van der Waals surface area contributed by atoms with Gasteiger partial charge in [0, 0.05) is 38.2 Å². The van der Waals surface area contributed by atoms with E-state index in [0.29, 0.717) is 5.82 Å². The molecule has 0 aliphatic carbocycles. The van der Waals surface area contributed by atoms with Gasteiger partial charge in [0.15, 0.2) is 11.4 Å². The van der Waals surface area contributed by atoms with Crippen molar-refractivity contribution in [3.05, 3.63) is 152 Å². The van der Waals surface area contributed by atoms with Crippen LogP contribution in [0.2, 0.25) is 0 Å². The van der Waals surface area contributed by atoms with E-state index in [1.165, 1.54) is 0 Å². The van der Waals surface area contributed by atoms with Crippen LogP contribution >= 0.6 is 0 Å². The zero-order valence-corrected chi connectivity index (χ0v) is 23.7. The fourth-order valence-electron chi connectivity index (χ4n) is 6.45. The third-order valence-electron chi connectivity index (χ3n) is 8.43. The van der Waals surface area contributed by atoms with Crippen LogP contribution in [0, 0.1) is 0 Å². The van der Waals surface area contributed by atoms with Crippen LogP contribution in [-0.2, 0) is 0 Å². The minimum atomic E-state index is 0.695. The number of fused-ring (bicyclic) bond motifs is 6. The highest BCUT2D eigenvalue weighted by Crippen LogP contribution is 2.41. The third kappa shape index (κ3) is 3.78. The normalized spacial score (nSPS) is 11.6. The fourth-order valence-corrected chi connectivity index (χ4v) is 6.45. The molecule has 0 saturated heterocycles. The second kappa shape index (κ2) is 9.79. The topological polar surface area (TPSA) is 43.9 Å². The van der Waals surface area contributed by atoms with Crippen LogP contribution in [0.1, 0.15) is 0 Å². The van der Waals surface area contributed by atoms with Gasteiger partial charge in [-0.05, 0) is 30.3 Å². The summed E-state index contributed by atoms with van der Waals surface area (Å²) in [5.41, 5.74) is 9.82. The number of hydrogen-bond donors (Lipinski definition) is 0. The number of benzene rings is 6. The van der Waals surface area contributed by atoms with Gasteiger partial charge in [-0.15, -0.1) is 0 Å². The SMILES string of the molecule is c1ccc(-c2cc(-c3ccccc3)nc(-c3cccc4c3c3ccccc3n4-c3cccc4c3oc3ccccc34)n2)cc1. The lowest BCUT2D eigenvalue weighted by atomic mass is 10.0. The minimum absolute atomic E-state index is 0.695. The average molecular weight is 564 g/mol. The van der Waals surface area contributed by atoms with Crippen LogP contribution in [0.15, 0.2) is 156 Å². The molecule has 0 aliphatic rings. The standard InChI is InChI=1S/C40H25N3O/c1-3-13-26(14-4-1)32-25-33(27-15-5-2-6-16-27)42-40(41-32)31-20-12-22-35-38(31)30-18-7-9-21-34(30)43(35)36-23-11-19-29-28-17-8-10-24-37(28)44-39(29)36/h1-25H. The Morgan fingerprint density at radius 3 is 1.82 bits per heavy atom. The van der Waals surface area contributed by atoms with Crippen molar-refractivity contribution >= 4 is 43.7 Å². The highest BCUT2D eigenvalue weighted by atomic mass is 16.3. The monoisotopic (exact) mass is 563 g/mol. The Labute approximate surface area is 253 Å². The van der Waals surface area contributed by atoms with Gasteiger partial charge >= 0.3 is 0 Å². The Kier molecular flexibility index (Phi) is 5.47. The van der Waals surface area contributed by atoms with Crippen LogP contribution in [0.25, 0.3) is 83.3 Å². The quantitative estimate of drug-likeness (QED) is 0.214. The molecule has 0 bridgehead atoms. The van der Waals surface area contributed by atoms with Crippen molar-refractivity contribution in [1.82, 2.24) is 14.5 Å². The molecule has 44 heavy (non-hydrogen) atoms. The van der Waals surface area contributed by atoms with Gasteiger partial charge in [0.1, 0.15) is 5.58 Å². The summed E-state index contributed by atoms with van der Waals surface area (Å²) < 4.78 is 8.82. The molecular weight excluding hydrogens is 538 g/mol. The highest BCUT2D eigenvalue weighted by Gasteiger charge is 2.21. The van der Waals surface area contributed by atoms with Crippen LogP contribution in [0.3, 0.4) is 0 Å². The number of aromatic nitrogens is 3. The van der Waals surface area contributed by atoms with Gasteiger partial charge in [-0.2, -0.15) is 0 Å². The maximum atomic E-state index is 6.50. The van der Waals surface area contributed by atoms with Gasteiger partial charge < -0.3 is 8.98 Å². The predicted molar refractivity (Wildman–Crippen MR) is 180 cm³/mol. The molecule has 3 heterocycles. The van der Waals surface area contributed by atoms with Crippen LogP contribution < -0.4 is 0 Å². The predicted octanol–water partition coefficient (Wildman–Crippen LogP) is 10.5. The molecule has 0 fully saturated rings. The largest absolute Gasteiger partial charge is 0.454 e. The van der Waals surface area contributed by atoms with Gasteiger partial charge in [-0.3, -0.25) is 0 Å². The van der Waals surface area contributed by atoms with Crippen molar-refractivity contribution in [3.8, 4) is 39.6 Å². The van der Waals surface area contributed by atoms with E-state index in [-0.39, 0.29) is 0 Å². The lowest BCUT2D eigenvalue weighted by Gasteiger charge is -2.11. The molecule has 0 N–H and O–H groups in total. The minimum Gasteiger partial charge on any atom is -0.454 e. The summed E-state index contributed by atoms with van der Waals surface area (Å²) in [6.45, 7) is 0. The molecular formula is C40H25N3O. The van der Waals surface area contributed by atoms with E-state index < -0.39 is 0 Å². The van der Waals surface area contributed by atoms with Crippen molar-refractivity contribution in [2.24, 2.45) is 0 Å². The van der Waals surface area contributed by atoms with E-state index >= 15 is 0 Å². The molecule has 4 nitrogen and oxygen atoms in total. The van der Waals surface area contributed by atoms with E-state index in [0.717, 1.165) is 77.5 Å². The number of rotatable bonds is 4. The summed E-state index contributed by atoms with van der Waals surface area (Å²) >= 11 is 0. The zero-order chi connectivity index (χ0) is 29.0. The van der Waals surface area contributed by atoms with Crippen LogP contribution in [0.4, 0.5) is 0 Å². The third-order valence-corrected chi connectivity index (χ3v) is 8.43. The zero-order valence-electron chi connectivity index (χ0n) is 23.7. The molecule has 0 aliphatic heterocycles. The molecule has 206 valence electrons. The lowest BCUT2D eigenvalue weighted by molar-refractivity contribution is 0.666. The van der Waals surface area contributed by atoms with Gasteiger partial charge in [0.05, 0.1) is 28.1 Å². The molecule has 0 spiro atoms. The van der Waals surface area contributed by atoms with Gasteiger partial charge in [-0.1, -0.05) is 121 Å². The van der Waals surface area contributed by atoms with Gasteiger partial charge in [-0.25, -0.2) is 9.97 Å². The summed E-state index contributed by atoms with van der Waals surface area (Å²) in [5, 5.41) is 4.47. The van der Waals surface area contributed by atoms with E-state index in [1.807, 2.05) is 48.5 Å². The molecule has 0 unspecified atom stereocenters. The molecule has 6 aromatic carbocycles. The lowest BCUT2D eigenvalue weighted by Crippen LogP contribution is -1.97. The summed E-state index contributed by atoms with van der Waals surface area (Å²) in [6, 6.07) is 52.3. The second-order valence-corrected chi connectivity index (χ2v) is 11.0. The Morgan fingerprint density at radius 1 is 0.477 bits per heavy atom. The maximum Gasteiger partial charge on any atom is 0.161 e. The van der Waals surface area contributed by atoms with Crippen molar-refractivity contribution in [2.45, 2.75) is 0 Å². The summed E-state index contributed by atoms with van der Waals surface area (Å²) in [7, 11) is 0. The molecule has 0 radical (unpaired) electrons. The molecule has 9 aromatic rings. The van der Waals surface area contributed by atoms with Crippen molar-refractivity contribution in [2.75, 3.05) is 0 Å². The van der Waals surface area contributed by atoms with E-state index in [2.05, 4.69) is 108 Å². The Bertz CT molecular complexity index is 2430. The average Bonchev–Trinajstić information content (AvgIpc) is 3.65. The Morgan fingerprint density at radius 2 is 1.07 bits per heavy atom. The molecule has 3 aromatic heterocycles. The fraction of sp³-hybridized carbons (Fsp3) is 0. The van der Waals surface area contributed by atoms with E-state index in [1.54, 1.807) is 0 Å². The first-order valence-corrected chi connectivity index (χ1v) is 14.8. The first-order chi connectivity index (χ1) is 21.8. The smallest absolute Gasteiger partial charge is 0.161 e. The Balaban J connectivity index is 1.35. The first kappa shape index (κ1) is 24.6. The van der Waals surface area contributed by atoms with E-state index in [9.17, 15) is 0 Å². The molecule has 0 saturated carbocycles. The number of furan rings is 1. The number of nitrogens with zero attached hydrogens (tertiary/aromatic N) is 3. The number of hydrogen-bond acceptors (Lipinski definition) is 3. The van der Waals surface area contributed by atoms with Crippen molar-refractivity contribution in [3.63, 3.8) is 0 Å². The highest BCUT2D eigenvalue weighted by molar-refractivity contribution is 6.16. The molecule has 4 heteroatoms. The molecule has 0 atom stereocenters. The van der Waals surface area contributed by atoms with Crippen LogP contribution in [-0.4, -0.2) is 14.5 Å². The summed E-state index contributed by atoms with van der Waals surface area (Å²) in [6.07, 6.45) is 0. The Hall–Kier alpha value is -6.00. The van der Waals surface area contributed by atoms with Crippen molar-refractivity contribution in [1.29, 1.82) is 0 Å².